The maximum atomic E-state index is 13.3. The van der Waals surface area contributed by atoms with Gasteiger partial charge in [-0.3, -0.25) is 9.59 Å². The molecule has 8 nitrogen and oxygen atoms in total. The van der Waals surface area contributed by atoms with Gasteiger partial charge in [-0.1, -0.05) is 36.7 Å². The van der Waals surface area contributed by atoms with Gasteiger partial charge in [0.15, 0.2) is 0 Å². The summed E-state index contributed by atoms with van der Waals surface area (Å²) >= 11 is 6.55. The maximum Gasteiger partial charge on any atom is 0.410 e. The number of pyridine rings is 1. The van der Waals surface area contributed by atoms with Crippen molar-refractivity contribution < 1.29 is 19.1 Å². The van der Waals surface area contributed by atoms with E-state index >= 15 is 0 Å². The number of aromatic nitrogens is 1. The number of rotatable bonds is 5. The van der Waals surface area contributed by atoms with Crippen molar-refractivity contribution in [3.63, 3.8) is 0 Å². The molecule has 9 heteroatoms. The third-order valence-electron chi connectivity index (χ3n) is 6.09. The van der Waals surface area contributed by atoms with E-state index in [0.717, 1.165) is 17.4 Å². The minimum Gasteiger partial charge on any atom is -0.449 e. The third-order valence-corrected chi connectivity index (χ3v) is 6.40. The Morgan fingerprint density at radius 3 is 2.53 bits per heavy atom. The molecule has 1 aliphatic heterocycles. The molecule has 36 heavy (non-hydrogen) atoms. The first kappa shape index (κ1) is 25.4. The fourth-order valence-electron chi connectivity index (χ4n) is 4.26. The van der Waals surface area contributed by atoms with Crippen LogP contribution in [0.15, 0.2) is 48.5 Å². The number of amides is 3. The molecular weight excluding hydrogens is 480 g/mol. The van der Waals surface area contributed by atoms with Gasteiger partial charge in [-0.2, -0.15) is 0 Å². The van der Waals surface area contributed by atoms with E-state index in [0.29, 0.717) is 53.7 Å². The molecule has 2 heterocycles. The van der Waals surface area contributed by atoms with E-state index in [4.69, 9.17) is 21.3 Å². The van der Waals surface area contributed by atoms with E-state index in [2.05, 4.69) is 5.32 Å². The predicted octanol–water partition coefficient (Wildman–Crippen LogP) is 5.21. The highest BCUT2D eigenvalue weighted by molar-refractivity contribution is 6.35. The quantitative estimate of drug-likeness (QED) is 0.511. The second kappa shape index (κ2) is 11.0. The summed E-state index contributed by atoms with van der Waals surface area (Å²) in [6.45, 7) is 6.98. The van der Waals surface area contributed by atoms with Crippen molar-refractivity contribution in [2.24, 2.45) is 0 Å². The molecule has 1 fully saturated rings. The average molecular weight is 509 g/mol. The first-order valence-electron chi connectivity index (χ1n) is 12.0. The molecule has 0 spiro atoms. The number of carbonyl (C=O) groups excluding carboxylic acids is 3. The summed E-state index contributed by atoms with van der Waals surface area (Å²) in [5, 5.41) is 4.03. The van der Waals surface area contributed by atoms with Crippen molar-refractivity contribution >= 4 is 46.1 Å². The Hall–Kier alpha value is -3.65. The summed E-state index contributed by atoms with van der Waals surface area (Å²) in [5.41, 5.74) is 3.32. The number of halogens is 1. The molecule has 188 valence electrons. The van der Waals surface area contributed by atoms with Crippen molar-refractivity contribution in [1.29, 1.82) is 0 Å². The molecule has 1 N–H and O–H groups in total. The van der Waals surface area contributed by atoms with E-state index in [1.54, 1.807) is 40.1 Å². The van der Waals surface area contributed by atoms with Gasteiger partial charge in [0.2, 0.25) is 5.91 Å². The molecule has 3 aromatic rings. The van der Waals surface area contributed by atoms with Crippen LogP contribution in [0, 0.1) is 0 Å². The van der Waals surface area contributed by atoms with Crippen LogP contribution in [0.4, 0.5) is 10.5 Å². The number of benzene rings is 2. The Morgan fingerprint density at radius 1 is 1.11 bits per heavy atom. The lowest BCUT2D eigenvalue weighted by Crippen LogP contribution is -2.55. The van der Waals surface area contributed by atoms with Crippen LogP contribution in [0.2, 0.25) is 5.02 Å². The summed E-state index contributed by atoms with van der Waals surface area (Å²) in [6.07, 6.45) is 0.432. The van der Waals surface area contributed by atoms with Crippen LogP contribution < -0.4 is 5.32 Å². The highest BCUT2D eigenvalue weighted by Gasteiger charge is 2.31. The average Bonchev–Trinajstić information content (AvgIpc) is 2.86. The Balaban J connectivity index is 1.54. The molecule has 1 atom stereocenters. The van der Waals surface area contributed by atoms with Crippen molar-refractivity contribution in [3.8, 4) is 11.3 Å². The van der Waals surface area contributed by atoms with Gasteiger partial charge in [-0.15, -0.1) is 0 Å². The van der Waals surface area contributed by atoms with Crippen LogP contribution in [0.5, 0.6) is 0 Å². The Morgan fingerprint density at radius 2 is 1.86 bits per heavy atom. The van der Waals surface area contributed by atoms with Gasteiger partial charge in [-0.05, 0) is 43.7 Å². The summed E-state index contributed by atoms with van der Waals surface area (Å²) in [4.78, 5) is 45.0. The predicted molar refractivity (Wildman–Crippen MR) is 140 cm³/mol. The van der Waals surface area contributed by atoms with Crippen LogP contribution >= 0.6 is 11.6 Å². The minimum absolute atomic E-state index is 0.117. The number of carbonyl (C=O) groups is 3. The first-order valence-corrected chi connectivity index (χ1v) is 12.4. The van der Waals surface area contributed by atoms with E-state index in [1.807, 2.05) is 32.0 Å². The molecule has 1 aromatic heterocycles. The fourth-order valence-corrected chi connectivity index (χ4v) is 4.53. The number of nitrogens with zero attached hydrogens (tertiary/aromatic N) is 3. The topological polar surface area (TPSA) is 91.8 Å². The molecule has 0 saturated carbocycles. The lowest BCUT2D eigenvalue weighted by atomic mass is 10.1. The second-order valence-electron chi connectivity index (χ2n) is 8.89. The van der Waals surface area contributed by atoms with Gasteiger partial charge in [0.05, 0.1) is 22.8 Å². The van der Waals surface area contributed by atoms with E-state index < -0.39 is 0 Å². The number of hydrogen-bond donors (Lipinski definition) is 1. The molecule has 4 rings (SSSR count). The molecule has 1 saturated heterocycles. The number of ether oxygens (including phenoxy) is 1. The van der Waals surface area contributed by atoms with Crippen molar-refractivity contribution in [1.82, 2.24) is 14.8 Å². The Bertz CT molecular complexity index is 1290. The fraction of sp³-hybridized carbons (Fsp3) is 0.333. The molecule has 0 bridgehead atoms. The zero-order valence-electron chi connectivity index (χ0n) is 20.6. The monoisotopic (exact) mass is 508 g/mol. The van der Waals surface area contributed by atoms with E-state index in [-0.39, 0.29) is 23.9 Å². The summed E-state index contributed by atoms with van der Waals surface area (Å²) in [6, 6.07) is 14.3. The second-order valence-corrected chi connectivity index (χ2v) is 9.29. The normalized spacial score (nSPS) is 15.6. The lowest BCUT2D eigenvalue weighted by molar-refractivity contribution is -0.114. The maximum absolute atomic E-state index is 13.3. The third kappa shape index (κ3) is 5.60. The standard InChI is InChI=1S/C27H29ClN4O4/c1-4-13-36-27(35)32-12-11-31(16-17(32)2)26(34)20-7-10-22-23(28)15-24(30-25(22)14-20)19-5-8-21(9-6-19)29-18(3)33/h5-10,14-15,17H,4,11-13,16H2,1-3H3,(H,29,33)/t17-/m1/s1. The number of nitrogens with one attached hydrogen (secondary N) is 1. The molecule has 2 aromatic carbocycles. The highest BCUT2D eigenvalue weighted by Crippen LogP contribution is 2.30. The van der Waals surface area contributed by atoms with Gasteiger partial charge in [-0.25, -0.2) is 9.78 Å². The van der Waals surface area contributed by atoms with E-state index in [9.17, 15) is 14.4 Å². The Kier molecular flexibility index (Phi) is 7.74. The van der Waals surface area contributed by atoms with E-state index in [1.165, 1.54) is 6.92 Å². The van der Waals surface area contributed by atoms with Gasteiger partial charge in [0.25, 0.3) is 5.91 Å². The lowest BCUT2D eigenvalue weighted by Gasteiger charge is -2.39. The van der Waals surface area contributed by atoms with Gasteiger partial charge < -0.3 is 19.9 Å². The van der Waals surface area contributed by atoms with Crippen LogP contribution in [0.3, 0.4) is 0 Å². The SMILES string of the molecule is CCCOC(=O)N1CCN(C(=O)c2ccc3c(Cl)cc(-c4ccc(NC(C)=O)cc4)nc3c2)C[C@H]1C. The summed E-state index contributed by atoms with van der Waals surface area (Å²) < 4.78 is 5.26. The number of piperazine rings is 1. The van der Waals surface area contributed by atoms with Crippen molar-refractivity contribution in [2.45, 2.75) is 33.2 Å². The number of fused-ring (bicyclic) bond motifs is 1. The van der Waals surface area contributed by atoms with Crippen LogP contribution in [0.1, 0.15) is 37.6 Å². The summed E-state index contributed by atoms with van der Waals surface area (Å²) in [5.74, 6) is -0.257. The van der Waals surface area contributed by atoms with Gasteiger partial charge in [0, 0.05) is 54.8 Å². The Labute approximate surface area is 215 Å². The van der Waals surface area contributed by atoms with Gasteiger partial charge in [0.1, 0.15) is 0 Å². The van der Waals surface area contributed by atoms with Crippen LogP contribution in [-0.2, 0) is 9.53 Å². The van der Waals surface area contributed by atoms with Gasteiger partial charge >= 0.3 is 6.09 Å². The van der Waals surface area contributed by atoms with Crippen molar-refractivity contribution in [2.75, 3.05) is 31.6 Å². The molecule has 0 aliphatic carbocycles. The summed E-state index contributed by atoms with van der Waals surface area (Å²) in [7, 11) is 0. The molecular formula is C27H29ClN4O4. The largest absolute Gasteiger partial charge is 0.449 e. The molecule has 0 radical (unpaired) electrons. The number of anilines is 1. The van der Waals surface area contributed by atoms with Crippen LogP contribution in [0.25, 0.3) is 22.2 Å². The molecule has 0 unspecified atom stereocenters. The molecule has 1 aliphatic rings. The van der Waals surface area contributed by atoms with Crippen molar-refractivity contribution in [3.05, 3.63) is 59.1 Å². The number of hydrogen-bond acceptors (Lipinski definition) is 5. The van der Waals surface area contributed by atoms with Crippen LogP contribution in [-0.4, -0.2) is 65.0 Å². The smallest absolute Gasteiger partial charge is 0.410 e. The minimum atomic E-state index is -0.335. The first-order chi connectivity index (χ1) is 17.3. The zero-order valence-corrected chi connectivity index (χ0v) is 21.3. The highest BCUT2D eigenvalue weighted by atomic mass is 35.5. The zero-order chi connectivity index (χ0) is 25.8. The molecule has 3 amide bonds.